The first kappa shape index (κ1) is 10.9. The molecule has 6 heteroatoms. The molecule has 1 saturated heterocycles. The number of hydrazine groups is 1. The van der Waals surface area contributed by atoms with Gasteiger partial charge in [0.15, 0.2) is 0 Å². The molecule has 0 unspecified atom stereocenters. The maximum absolute atomic E-state index is 11.7. The fraction of sp³-hybridized carbons (Fsp3) is 0.444. The van der Waals surface area contributed by atoms with Crippen molar-refractivity contribution >= 4 is 29.9 Å². The van der Waals surface area contributed by atoms with Gasteiger partial charge < -0.3 is 4.74 Å². The number of carbonyl (C=O) groups excluding carboxylic acids is 1. The van der Waals surface area contributed by atoms with Crippen molar-refractivity contribution in [1.29, 1.82) is 0 Å². The normalized spacial score (nSPS) is 17.7. The van der Waals surface area contributed by atoms with E-state index in [1.54, 1.807) is 6.07 Å². The molecular weight excluding hydrogens is 232 g/mol. The van der Waals surface area contributed by atoms with Gasteiger partial charge in [0.1, 0.15) is 0 Å². The lowest BCUT2D eigenvalue weighted by Gasteiger charge is -2.26. The second-order valence-electron chi connectivity index (χ2n) is 3.21. The molecule has 2 heterocycles. The molecule has 0 radical (unpaired) electrons. The number of rotatable bonds is 2. The lowest BCUT2D eigenvalue weighted by Crippen LogP contribution is -2.48. The van der Waals surface area contributed by atoms with Gasteiger partial charge in [-0.05, 0) is 6.07 Å². The van der Waals surface area contributed by atoms with Crippen LogP contribution in [0.1, 0.15) is 9.67 Å². The van der Waals surface area contributed by atoms with Crippen molar-refractivity contribution in [1.82, 2.24) is 10.4 Å². The average Bonchev–Trinajstić information content (AvgIpc) is 2.66. The highest BCUT2D eigenvalue weighted by molar-refractivity contribution is 7.80. The Hall–Kier alpha value is -0.560. The van der Waals surface area contributed by atoms with Crippen molar-refractivity contribution in [3.8, 4) is 0 Å². The predicted octanol–water partition coefficient (Wildman–Crippen LogP) is 1.01. The minimum Gasteiger partial charge on any atom is -0.379 e. The molecule has 0 bridgehead atoms. The van der Waals surface area contributed by atoms with Gasteiger partial charge in [-0.1, -0.05) is 0 Å². The van der Waals surface area contributed by atoms with E-state index in [2.05, 4.69) is 18.1 Å². The molecule has 82 valence electrons. The summed E-state index contributed by atoms with van der Waals surface area (Å²) < 4.78 is 5.19. The fourth-order valence-corrected chi connectivity index (χ4v) is 2.36. The summed E-state index contributed by atoms with van der Waals surface area (Å²) in [6.07, 6.45) is 0. The highest BCUT2D eigenvalue weighted by Crippen LogP contribution is 2.17. The zero-order valence-electron chi connectivity index (χ0n) is 8.10. The molecular formula is C9H12N2O2S2. The van der Waals surface area contributed by atoms with Crippen LogP contribution in [0.3, 0.4) is 0 Å². The van der Waals surface area contributed by atoms with Crippen LogP contribution in [-0.2, 0) is 4.74 Å². The molecule has 1 aliphatic rings. The van der Waals surface area contributed by atoms with Crippen molar-refractivity contribution in [3.05, 3.63) is 16.3 Å². The molecule has 1 fully saturated rings. The molecule has 1 N–H and O–H groups in total. The first-order valence-electron chi connectivity index (χ1n) is 4.67. The second kappa shape index (κ2) is 4.98. The van der Waals surface area contributed by atoms with Gasteiger partial charge in [0.05, 0.1) is 18.1 Å². The Morgan fingerprint density at radius 3 is 2.87 bits per heavy atom. The van der Waals surface area contributed by atoms with E-state index in [4.69, 9.17) is 4.74 Å². The summed E-state index contributed by atoms with van der Waals surface area (Å²) in [4.78, 5) is 13.2. The standard InChI is InChI=1S/C9H12N2O2S2/c12-9(8-5-7(14)6-15-8)10-11-1-3-13-4-2-11/h5-6,14H,1-4H2,(H,10,12). The number of thiophene rings is 1. The van der Waals surface area contributed by atoms with Crippen LogP contribution in [0.15, 0.2) is 16.3 Å². The number of nitrogens with zero attached hydrogens (tertiary/aromatic N) is 1. The molecule has 4 nitrogen and oxygen atoms in total. The van der Waals surface area contributed by atoms with Crippen molar-refractivity contribution in [2.24, 2.45) is 0 Å². The summed E-state index contributed by atoms with van der Waals surface area (Å²) in [6, 6.07) is 1.77. The number of morpholine rings is 1. The minimum absolute atomic E-state index is 0.0674. The zero-order valence-corrected chi connectivity index (χ0v) is 9.81. The fourth-order valence-electron chi connectivity index (χ4n) is 1.32. The molecule has 0 aromatic carbocycles. The van der Waals surface area contributed by atoms with Gasteiger partial charge in [-0.3, -0.25) is 10.2 Å². The number of hydrogen-bond donors (Lipinski definition) is 2. The summed E-state index contributed by atoms with van der Waals surface area (Å²) in [7, 11) is 0. The Labute approximate surface area is 97.6 Å². The van der Waals surface area contributed by atoms with Crippen molar-refractivity contribution in [3.63, 3.8) is 0 Å². The third-order valence-corrected chi connectivity index (χ3v) is 3.44. The van der Waals surface area contributed by atoms with Crippen LogP contribution in [0.4, 0.5) is 0 Å². The summed E-state index contributed by atoms with van der Waals surface area (Å²) in [5, 5.41) is 3.72. The van der Waals surface area contributed by atoms with Crippen LogP contribution in [0, 0.1) is 0 Å². The van der Waals surface area contributed by atoms with E-state index in [-0.39, 0.29) is 5.91 Å². The molecule has 15 heavy (non-hydrogen) atoms. The van der Waals surface area contributed by atoms with Crippen LogP contribution in [0.2, 0.25) is 0 Å². The third-order valence-electron chi connectivity index (χ3n) is 2.08. The van der Waals surface area contributed by atoms with Gasteiger partial charge in [-0.2, -0.15) is 0 Å². The largest absolute Gasteiger partial charge is 0.379 e. The zero-order chi connectivity index (χ0) is 10.7. The number of ether oxygens (including phenoxy) is 1. The number of thiol groups is 1. The maximum Gasteiger partial charge on any atom is 0.275 e. The van der Waals surface area contributed by atoms with Crippen LogP contribution in [0.5, 0.6) is 0 Å². The molecule has 0 aliphatic carbocycles. The van der Waals surface area contributed by atoms with E-state index in [9.17, 15) is 4.79 Å². The SMILES string of the molecule is O=C(NN1CCOCC1)c1cc(S)cs1. The molecule has 2 rings (SSSR count). The van der Waals surface area contributed by atoms with Crippen molar-refractivity contribution < 1.29 is 9.53 Å². The van der Waals surface area contributed by atoms with Gasteiger partial charge in [0.2, 0.25) is 0 Å². The third kappa shape index (κ3) is 2.94. The Balaban J connectivity index is 1.91. The van der Waals surface area contributed by atoms with Crippen molar-refractivity contribution in [2.75, 3.05) is 26.3 Å². The van der Waals surface area contributed by atoms with Crippen LogP contribution < -0.4 is 5.43 Å². The molecule has 0 saturated carbocycles. The topological polar surface area (TPSA) is 41.6 Å². The summed E-state index contributed by atoms with van der Waals surface area (Å²) in [5.74, 6) is -0.0674. The van der Waals surface area contributed by atoms with Crippen molar-refractivity contribution in [2.45, 2.75) is 4.90 Å². The predicted molar refractivity (Wildman–Crippen MR) is 61.4 cm³/mol. The van der Waals surface area contributed by atoms with E-state index in [1.165, 1.54) is 11.3 Å². The van der Waals surface area contributed by atoms with E-state index < -0.39 is 0 Å². The Morgan fingerprint density at radius 1 is 1.53 bits per heavy atom. The molecule has 1 aliphatic heterocycles. The first-order valence-corrected chi connectivity index (χ1v) is 5.99. The van der Waals surface area contributed by atoms with Gasteiger partial charge in [-0.15, -0.1) is 24.0 Å². The summed E-state index contributed by atoms with van der Waals surface area (Å²) >= 11 is 5.56. The quantitative estimate of drug-likeness (QED) is 0.763. The molecule has 1 aromatic rings. The van der Waals surface area contributed by atoms with E-state index in [0.29, 0.717) is 18.1 Å². The lowest BCUT2D eigenvalue weighted by molar-refractivity contribution is 0.0127. The Kier molecular flexibility index (Phi) is 3.63. The first-order chi connectivity index (χ1) is 7.25. The molecule has 0 spiro atoms. The van der Waals surface area contributed by atoms with Crippen LogP contribution in [0.25, 0.3) is 0 Å². The van der Waals surface area contributed by atoms with Crippen LogP contribution >= 0.6 is 24.0 Å². The number of hydrogen-bond acceptors (Lipinski definition) is 5. The lowest BCUT2D eigenvalue weighted by atomic mass is 10.4. The molecule has 1 aromatic heterocycles. The number of amides is 1. The van der Waals surface area contributed by atoms with E-state index >= 15 is 0 Å². The van der Waals surface area contributed by atoms with Gasteiger partial charge in [0, 0.05) is 23.4 Å². The second-order valence-corrected chi connectivity index (χ2v) is 4.64. The van der Waals surface area contributed by atoms with Gasteiger partial charge in [0.25, 0.3) is 5.91 Å². The van der Waals surface area contributed by atoms with E-state index in [0.717, 1.165) is 18.0 Å². The highest BCUT2D eigenvalue weighted by atomic mass is 32.1. The highest BCUT2D eigenvalue weighted by Gasteiger charge is 2.15. The van der Waals surface area contributed by atoms with E-state index in [1.807, 2.05) is 10.4 Å². The average molecular weight is 244 g/mol. The Morgan fingerprint density at radius 2 is 2.27 bits per heavy atom. The van der Waals surface area contributed by atoms with Crippen LogP contribution in [-0.4, -0.2) is 37.2 Å². The Bertz CT molecular complexity index is 348. The molecule has 0 atom stereocenters. The number of carbonyl (C=O) groups is 1. The van der Waals surface area contributed by atoms with Gasteiger partial charge in [-0.25, -0.2) is 5.01 Å². The summed E-state index contributed by atoms with van der Waals surface area (Å²) in [5.41, 5.74) is 2.84. The van der Waals surface area contributed by atoms with Gasteiger partial charge >= 0.3 is 0 Å². The number of nitrogens with one attached hydrogen (secondary N) is 1. The molecule has 1 amide bonds. The minimum atomic E-state index is -0.0674. The smallest absolute Gasteiger partial charge is 0.275 e. The maximum atomic E-state index is 11.7. The summed E-state index contributed by atoms with van der Waals surface area (Å²) in [6.45, 7) is 2.82. The monoisotopic (exact) mass is 244 g/mol.